The van der Waals surface area contributed by atoms with E-state index in [0.717, 1.165) is 25.7 Å². The maximum absolute atomic E-state index is 11.8. The molecule has 24 heavy (non-hydrogen) atoms. The van der Waals surface area contributed by atoms with Crippen molar-refractivity contribution in [3.63, 3.8) is 0 Å². The van der Waals surface area contributed by atoms with Gasteiger partial charge >= 0.3 is 5.97 Å². The van der Waals surface area contributed by atoms with Crippen LogP contribution in [0.25, 0.3) is 0 Å². The third-order valence-corrected chi connectivity index (χ3v) is 4.65. The standard InChI is InChI=1S/C18H19ClN2O3/c1-2-23-17(22)13-5-8-18(9-6-13)12-16(21-24-18)4-3-15-11-14(19)7-10-20-15/h7,10-11,13H,2,5-6,8-9,12H2,1H3. The van der Waals surface area contributed by atoms with E-state index in [2.05, 4.69) is 22.0 Å². The number of halogens is 1. The van der Waals surface area contributed by atoms with Crippen LogP contribution in [0.1, 0.15) is 44.7 Å². The van der Waals surface area contributed by atoms with E-state index in [-0.39, 0.29) is 17.5 Å². The first kappa shape index (κ1) is 16.8. The second kappa shape index (κ2) is 7.23. The summed E-state index contributed by atoms with van der Waals surface area (Å²) in [5, 5.41) is 4.73. The van der Waals surface area contributed by atoms with Gasteiger partial charge < -0.3 is 9.57 Å². The highest BCUT2D eigenvalue weighted by Gasteiger charge is 2.43. The number of oxime groups is 1. The third-order valence-electron chi connectivity index (χ3n) is 4.41. The Kier molecular flexibility index (Phi) is 5.06. The fraction of sp³-hybridized carbons (Fsp3) is 0.500. The van der Waals surface area contributed by atoms with Gasteiger partial charge in [-0.15, -0.1) is 0 Å². The van der Waals surface area contributed by atoms with E-state index in [0.29, 0.717) is 29.5 Å². The van der Waals surface area contributed by atoms with Gasteiger partial charge in [0.25, 0.3) is 0 Å². The molecule has 0 radical (unpaired) electrons. The van der Waals surface area contributed by atoms with E-state index in [1.807, 2.05) is 6.92 Å². The minimum atomic E-state index is -0.311. The quantitative estimate of drug-likeness (QED) is 0.608. The molecule has 5 nitrogen and oxygen atoms in total. The average molecular weight is 347 g/mol. The van der Waals surface area contributed by atoms with Crippen molar-refractivity contribution >= 4 is 23.3 Å². The predicted molar refractivity (Wildman–Crippen MR) is 90.6 cm³/mol. The molecule has 0 unspecified atom stereocenters. The molecule has 1 spiro atoms. The zero-order chi connectivity index (χ0) is 17.0. The minimum absolute atomic E-state index is 0.0232. The fourth-order valence-corrected chi connectivity index (χ4v) is 3.27. The molecule has 1 aromatic heterocycles. The molecule has 2 aliphatic rings. The Labute approximate surface area is 146 Å². The summed E-state index contributed by atoms with van der Waals surface area (Å²) in [4.78, 5) is 21.6. The second-order valence-corrected chi connectivity index (χ2v) is 6.56. The van der Waals surface area contributed by atoms with Crippen molar-refractivity contribution in [2.45, 2.75) is 44.6 Å². The summed E-state index contributed by atoms with van der Waals surface area (Å²) >= 11 is 5.92. The molecule has 126 valence electrons. The van der Waals surface area contributed by atoms with Crippen molar-refractivity contribution in [2.24, 2.45) is 11.1 Å². The van der Waals surface area contributed by atoms with Gasteiger partial charge in [0.05, 0.1) is 12.5 Å². The lowest BCUT2D eigenvalue weighted by Gasteiger charge is -2.33. The lowest BCUT2D eigenvalue weighted by atomic mass is 9.76. The molecule has 0 atom stereocenters. The molecule has 0 N–H and O–H groups in total. The number of carbonyl (C=O) groups is 1. The van der Waals surface area contributed by atoms with Crippen LogP contribution in [0.4, 0.5) is 0 Å². The molecule has 1 saturated carbocycles. The van der Waals surface area contributed by atoms with Crippen LogP contribution in [-0.4, -0.2) is 28.9 Å². The smallest absolute Gasteiger partial charge is 0.308 e. The number of rotatable bonds is 2. The molecule has 2 heterocycles. The van der Waals surface area contributed by atoms with E-state index in [1.54, 1.807) is 18.3 Å². The molecule has 0 amide bonds. The normalized spacial score (nSPS) is 25.4. The van der Waals surface area contributed by atoms with Crippen molar-refractivity contribution in [3.05, 3.63) is 29.0 Å². The summed E-state index contributed by atoms with van der Waals surface area (Å²) in [6.45, 7) is 2.26. The Morgan fingerprint density at radius 1 is 1.46 bits per heavy atom. The largest absolute Gasteiger partial charge is 0.466 e. The number of carbonyl (C=O) groups excluding carboxylic acids is 1. The Hall–Kier alpha value is -2.06. The van der Waals surface area contributed by atoms with Crippen LogP contribution in [0.5, 0.6) is 0 Å². The van der Waals surface area contributed by atoms with Gasteiger partial charge in [-0.1, -0.05) is 16.8 Å². The molecule has 0 saturated heterocycles. The monoisotopic (exact) mass is 346 g/mol. The number of esters is 1. The van der Waals surface area contributed by atoms with Gasteiger partial charge in [-0.25, -0.2) is 4.98 Å². The highest BCUT2D eigenvalue weighted by Crippen LogP contribution is 2.40. The Morgan fingerprint density at radius 2 is 2.25 bits per heavy atom. The number of nitrogens with zero attached hydrogens (tertiary/aromatic N) is 2. The van der Waals surface area contributed by atoms with Gasteiger partial charge in [0.15, 0.2) is 0 Å². The van der Waals surface area contributed by atoms with Gasteiger partial charge in [0, 0.05) is 17.6 Å². The Morgan fingerprint density at radius 3 is 2.96 bits per heavy atom. The van der Waals surface area contributed by atoms with Crippen molar-refractivity contribution in [2.75, 3.05) is 6.61 Å². The van der Waals surface area contributed by atoms with E-state index < -0.39 is 0 Å². The van der Waals surface area contributed by atoms with E-state index in [9.17, 15) is 4.79 Å². The molecular weight excluding hydrogens is 328 g/mol. The average Bonchev–Trinajstić information content (AvgIpc) is 2.97. The van der Waals surface area contributed by atoms with E-state index in [1.165, 1.54) is 0 Å². The summed E-state index contributed by atoms with van der Waals surface area (Å²) in [5.41, 5.74) is 1.01. The van der Waals surface area contributed by atoms with Crippen LogP contribution >= 0.6 is 11.6 Å². The van der Waals surface area contributed by atoms with Gasteiger partial charge in [0.1, 0.15) is 17.0 Å². The molecule has 1 aliphatic heterocycles. The summed E-state index contributed by atoms with van der Waals surface area (Å²) in [6, 6.07) is 3.42. The highest BCUT2D eigenvalue weighted by atomic mass is 35.5. The summed E-state index contributed by atoms with van der Waals surface area (Å²) in [7, 11) is 0. The first-order valence-corrected chi connectivity index (χ1v) is 8.53. The molecule has 1 fully saturated rings. The summed E-state index contributed by atoms with van der Waals surface area (Å²) in [6.07, 6.45) is 5.42. The van der Waals surface area contributed by atoms with Crippen LogP contribution < -0.4 is 0 Å². The number of pyridine rings is 1. The topological polar surface area (TPSA) is 60.8 Å². The predicted octanol–water partition coefficient (Wildman–Crippen LogP) is 3.35. The van der Waals surface area contributed by atoms with E-state index >= 15 is 0 Å². The minimum Gasteiger partial charge on any atom is -0.466 e. The zero-order valence-electron chi connectivity index (χ0n) is 13.5. The molecule has 1 aromatic rings. The van der Waals surface area contributed by atoms with Crippen LogP contribution in [0.3, 0.4) is 0 Å². The maximum Gasteiger partial charge on any atom is 0.308 e. The Bertz CT molecular complexity index is 712. The van der Waals surface area contributed by atoms with Gasteiger partial charge in [-0.3, -0.25) is 4.79 Å². The number of aromatic nitrogens is 1. The zero-order valence-corrected chi connectivity index (χ0v) is 14.3. The van der Waals surface area contributed by atoms with Crippen molar-refractivity contribution in [1.82, 2.24) is 4.98 Å². The van der Waals surface area contributed by atoms with Crippen molar-refractivity contribution in [1.29, 1.82) is 0 Å². The van der Waals surface area contributed by atoms with Gasteiger partial charge in [-0.05, 0) is 56.6 Å². The van der Waals surface area contributed by atoms with Gasteiger partial charge in [0.2, 0.25) is 0 Å². The molecule has 3 rings (SSSR count). The number of hydrogen-bond donors (Lipinski definition) is 0. The summed E-state index contributed by atoms with van der Waals surface area (Å²) in [5.74, 6) is 5.85. The maximum atomic E-state index is 11.8. The molecule has 0 aromatic carbocycles. The highest BCUT2D eigenvalue weighted by molar-refractivity contribution is 6.30. The van der Waals surface area contributed by atoms with Crippen LogP contribution in [0.15, 0.2) is 23.5 Å². The lowest BCUT2D eigenvalue weighted by molar-refractivity contribution is -0.151. The lowest BCUT2D eigenvalue weighted by Crippen LogP contribution is -2.36. The van der Waals surface area contributed by atoms with Crippen LogP contribution in [-0.2, 0) is 14.4 Å². The molecular formula is C18H19ClN2O3. The molecule has 0 bridgehead atoms. The molecule has 6 heteroatoms. The third kappa shape index (κ3) is 3.88. The van der Waals surface area contributed by atoms with Crippen molar-refractivity contribution in [3.8, 4) is 11.8 Å². The SMILES string of the molecule is CCOC(=O)C1CCC2(CC1)CC(C#Cc1cc(Cl)ccn1)=NO2. The fourth-order valence-electron chi connectivity index (χ4n) is 3.11. The Balaban J connectivity index is 1.57. The van der Waals surface area contributed by atoms with E-state index in [4.69, 9.17) is 21.2 Å². The summed E-state index contributed by atoms with van der Waals surface area (Å²) < 4.78 is 5.10. The number of hydrogen-bond acceptors (Lipinski definition) is 5. The van der Waals surface area contributed by atoms with Crippen LogP contribution in [0.2, 0.25) is 5.02 Å². The first-order chi connectivity index (χ1) is 11.6. The van der Waals surface area contributed by atoms with Crippen LogP contribution in [0, 0.1) is 17.8 Å². The number of ether oxygens (including phenoxy) is 1. The molecule has 1 aliphatic carbocycles. The van der Waals surface area contributed by atoms with Crippen molar-refractivity contribution < 1.29 is 14.4 Å². The van der Waals surface area contributed by atoms with Gasteiger partial charge in [-0.2, -0.15) is 0 Å². The second-order valence-electron chi connectivity index (χ2n) is 6.12. The first-order valence-electron chi connectivity index (χ1n) is 8.15.